The molecule has 0 aromatic heterocycles. The molecule has 0 radical (unpaired) electrons. The van der Waals surface area contributed by atoms with Crippen LogP contribution in [0.15, 0.2) is 24.3 Å². The van der Waals surface area contributed by atoms with E-state index in [-0.39, 0.29) is 0 Å². The third-order valence-corrected chi connectivity index (χ3v) is 2.09. The first-order valence-electron chi connectivity index (χ1n) is 3.39. The molecule has 0 aliphatic heterocycles. The van der Waals surface area contributed by atoms with Crippen LogP contribution in [-0.2, 0) is 5.75 Å². The third kappa shape index (κ3) is 2.82. The Labute approximate surface area is 70.8 Å². The molecule has 0 spiro atoms. The molecule has 60 valence electrons. The van der Waals surface area contributed by atoms with Gasteiger partial charge in [-0.25, -0.2) is 0 Å². The van der Waals surface area contributed by atoms with E-state index in [1.54, 1.807) is 24.1 Å². The van der Waals surface area contributed by atoms with E-state index in [9.17, 15) is 0 Å². The molecule has 0 bridgehead atoms. The maximum Gasteiger partial charge on any atom is 0.115 e. The summed E-state index contributed by atoms with van der Waals surface area (Å²) in [4.78, 5) is 0. The highest BCUT2D eigenvalue weighted by Gasteiger charge is 1.91. The first kappa shape index (κ1) is 8.43. The molecule has 0 heterocycles. The summed E-state index contributed by atoms with van der Waals surface area (Å²) in [6, 6.07) is 7.23. The van der Waals surface area contributed by atoms with Crippen molar-refractivity contribution in [1.82, 2.24) is 4.72 Å². The summed E-state index contributed by atoms with van der Waals surface area (Å²) in [6.45, 7) is 0. The summed E-state index contributed by atoms with van der Waals surface area (Å²) in [5, 5.41) is 8.96. The lowest BCUT2D eigenvalue weighted by Crippen LogP contribution is -1.92. The number of rotatable bonds is 3. The molecule has 1 rings (SSSR count). The van der Waals surface area contributed by atoms with E-state index in [1.807, 2.05) is 19.2 Å². The van der Waals surface area contributed by atoms with Gasteiger partial charge in [0.25, 0.3) is 0 Å². The van der Waals surface area contributed by atoms with Crippen molar-refractivity contribution in [3.05, 3.63) is 29.8 Å². The number of aromatic hydroxyl groups is 1. The van der Waals surface area contributed by atoms with E-state index in [0.29, 0.717) is 5.75 Å². The molecule has 0 fully saturated rings. The van der Waals surface area contributed by atoms with Crippen LogP contribution in [0, 0.1) is 0 Å². The summed E-state index contributed by atoms with van der Waals surface area (Å²) in [6.07, 6.45) is 0. The fourth-order valence-corrected chi connectivity index (χ4v) is 1.25. The average Bonchev–Trinajstić information content (AvgIpc) is 2.04. The van der Waals surface area contributed by atoms with E-state index in [1.165, 1.54) is 5.56 Å². The van der Waals surface area contributed by atoms with Gasteiger partial charge in [0, 0.05) is 5.75 Å². The zero-order valence-corrected chi connectivity index (χ0v) is 7.19. The van der Waals surface area contributed by atoms with Crippen LogP contribution in [0.25, 0.3) is 0 Å². The van der Waals surface area contributed by atoms with Crippen LogP contribution >= 0.6 is 11.9 Å². The second kappa shape index (κ2) is 4.26. The van der Waals surface area contributed by atoms with Gasteiger partial charge < -0.3 is 5.11 Å². The Kier molecular flexibility index (Phi) is 3.26. The molecule has 11 heavy (non-hydrogen) atoms. The van der Waals surface area contributed by atoms with Gasteiger partial charge in [0.1, 0.15) is 5.75 Å². The molecule has 2 nitrogen and oxygen atoms in total. The fraction of sp³-hybridized carbons (Fsp3) is 0.250. The minimum atomic E-state index is 0.322. The molecule has 0 saturated carbocycles. The summed E-state index contributed by atoms with van der Waals surface area (Å²) in [5.41, 5.74) is 1.21. The van der Waals surface area contributed by atoms with Gasteiger partial charge >= 0.3 is 0 Å². The second-order valence-corrected chi connectivity index (χ2v) is 3.14. The van der Waals surface area contributed by atoms with Crippen molar-refractivity contribution < 1.29 is 5.11 Å². The van der Waals surface area contributed by atoms with Crippen molar-refractivity contribution in [2.75, 3.05) is 7.05 Å². The monoisotopic (exact) mass is 169 g/mol. The van der Waals surface area contributed by atoms with Gasteiger partial charge in [-0.15, -0.1) is 0 Å². The zero-order chi connectivity index (χ0) is 8.10. The SMILES string of the molecule is CNSCc1ccc(O)cc1. The molecule has 0 atom stereocenters. The van der Waals surface area contributed by atoms with Gasteiger partial charge in [-0.1, -0.05) is 24.1 Å². The largest absolute Gasteiger partial charge is 0.508 e. The molecule has 0 saturated heterocycles. The molecule has 0 amide bonds. The zero-order valence-electron chi connectivity index (χ0n) is 6.37. The predicted octanol–water partition coefficient (Wildman–Crippen LogP) is 1.76. The van der Waals surface area contributed by atoms with Gasteiger partial charge in [-0.05, 0) is 24.7 Å². The molecule has 1 aromatic carbocycles. The Morgan fingerprint density at radius 2 is 2.00 bits per heavy atom. The van der Waals surface area contributed by atoms with Crippen LogP contribution in [0.5, 0.6) is 5.75 Å². The molecule has 0 unspecified atom stereocenters. The summed E-state index contributed by atoms with van der Waals surface area (Å²) in [5.74, 6) is 1.25. The van der Waals surface area contributed by atoms with Crippen LogP contribution in [0.4, 0.5) is 0 Å². The van der Waals surface area contributed by atoms with Crippen molar-refractivity contribution in [2.45, 2.75) is 5.75 Å². The smallest absolute Gasteiger partial charge is 0.115 e. The van der Waals surface area contributed by atoms with Gasteiger partial charge in [0.15, 0.2) is 0 Å². The molecule has 3 heteroatoms. The van der Waals surface area contributed by atoms with E-state index in [0.717, 1.165) is 5.75 Å². The standard InChI is InChI=1S/C8H11NOS/c1-9-11-6-7-2-4-8(10)5-3-7/h2-5,9-10H,6H2,1H3. The van der Waals surface area contributed by atoms with Crippen LogP contribution in [0.3, 0.4) is 0 Å². The van der Waals surface area contributed by atoms with Gasteiger partial charge in [-0.3, -0.25) is 4.72 Å². The normalized spacial score (nSPS) is 9.91. The van der Waals surface area contributed by atoms with Crippen LogP contribution < -0.4 is 4.72 Å². The van der Waals surface area contributed by atoms with E-state index < -0.39 is 0 Å². The summed E-state index contributed by atoms with van der Waals surface area (Å²) in [7, 11) is 1.89. The summed E-state index contributed by atoms with van der Waals surface area (Å²) < 4.78 is 2.98. The van der Waals surface area contributed by atoms with Crippen LogP contribution in [-0.4, -0.2) is 12.2 Å². The lowest BCUT2D eigenvalue weighted by molar-refractivity contribution is 0.475. The van der Waals surface area contributed by atoms with E-state index in [4.69, 9.17) is 5.11 Å². The Bertz CT molecular complexity index is 210. The van der Waals surface area contributed by atoms with Crippen molar-refractivity contribution >= 4 is 11.9 Å². The van der Waals surface area contributed by atoms with E-state index in [2.05, 4.69) is 4.72 Å². The number of hydrogen-bond acceptors (Lipinski definition) is 3. The van der Waals surface area contributed by atoms with Gasteiger partial charge in [-0.2, -0.15) is 0 Å². The van der Waals surface area contributed by atoms with Crippen molar-refractivity contribution in [3.63, 3.8) is 0 Å². The molecule has 0 aliphatic carbocycles. The first-order chi connectivity index (χ1) is 5.33. The molecular formula is C8H11NOS. The number of phenolic OH excluding ortho intramolecular Hbond substituents is 1. The highest BCUT2D eigenvalue weighted by Crippen LogP contribution is 2.13. The molecular weight excluding hydrogens is 158 g/mol. The number of benzene rings is 1. The Morgan fingerprint density at radius 3 is 2.55 bits per heavy atom. The van der Waals surface area contributed by atoms with E-state index >= 15 is 0 Å². The third-order valence-electron chi connectivity index (χ3n) is 1.32. The van der Waals surface area contributed by atoms with Crippen molar-refractivity contribution in [3.8, 4) is 5.75 Å². The Hall–Kier alpha value is -0.670. The molecule has 2 N–H and O–H groups in total. The van der Waals surface area contributed by atoms with Gasteiger partial charge in [0.05, 0.1) is 0 Å². The summed E-state index contributed by atoms with van der Waals surface area (Å²) >= 11 is 1.64. The first-order valence-corrected chi connectivity index (χ1v) is 4.38. The Morgan fingerprint density at radius 1 is 1.36 bits per heavy atom. The number of hydrogen-bond donors (Lipinski definition) is 2. The van der Waals surface area contributed by atoms with Crippen molar-refractivity contribution in [2.24, 2.45) is 0 Å². The maximum absolute atomic E-state index is 8.96. The lowest BCUT2D eigenvalue weighted by atomic mass is 10.2. The highest BCUT2D eigenvalue weighted by molar-refractivity contribution is 7.96. The molecule has 0 aliphatic rings. The minimum absolute atomic E-state index is 0.322. The highest BCUT2D eigenvalue weighted by atomic mass is 32.2. The lowest BCUT2D eigenvalue weighted by Gasteiger charge is -1.98. The molecule has 1 aromatic rings. The predicted molar refractivity (Wildman–Crippen MR) is 48.5 cm³/mol. The quantitative estimate of drug-likeness (QED) is 0.676. The van der Waals surface area contributed by atoms with Crippen LogP contribution in [0.2, 0.25) is 0 Å². The average molecular weight is 169 g/mol. The second-order valence-electron chi connectivity index (χ2n) is 2.16. The topological polar surface area (TPSA) is 32.3 Å². The fourth-order valence-electron chi connectivity index (χ4n) is 0.748. The van der Waals surface area contributed by atoms with Crippen molar-refractivity contribution in [1.29, 1.82) is 0 Å². The van der Waals surface area contributed by atoms with Gasteiger partial charge in [0.2, 0.25) is 0 Å². The minimum Gasteiger partial charge on any atom is -0.508 e. The number of phenols is 1. The maximum atomic E-state index is 8.96. The number of nitrogens with one attached hydrogen (secondary N) is 1. The Balaban J connectivity index is 2.52. The van der Waals surface area contributed by atoms with Crippen LogP contribution in [0.1, 0.15) is 5.56 Å².